The van der Waals surface area contributed by atoms with Gasteiger partial charge in [0.05, 0.1) is 0 Å². The molecule has 15 heavy (non-hydrogen) atoms. The summed E-state index contributed by atoms with van der Waals surface area (Å²) in [4.78, 5) is 0. The Labute approximate surface area is 87.7 Å². The Bertz CT molecular complexity index is 311. The zero-order valence-corrected chi connectivity index (χ0v) is 8.04. The van der Waals surface area contributed by atoms with Crippen molar-refractivity contribution < 1.29 is 25.3 Å². The minimum absolute atomic E-state index is 0.0487. The van der Waals surface area contributed by atoms with E-state index in [1.807, 2.05) is 0 Å². The van der Waals surface area contributed by atoms with Crippen molar-refractivity contribution in [2.75, 3.05) is 0 Å². The average molecular weight is 212 g/mol. The first kappa shape index (κ1) is 13.5. The summed E-state index contributed by atoms with van der Waals surface area (Å²) in [6.45, 7) is 3.53. The van der Waals surface area contributed by atoms with Crippen LogP contribution in [0.4, 0.5) is 0 Å². The second-order valence-electron chi connectivity index (χ2n) is 2.62. The predicted molar refractivity (Wildman–Crippen MR) is 56.1 cm³/mol. The maximum absolute atomic E-state index is 9.23. The quantitative estimate of drug-likeness (QED) is 0.265. The molecule has 0 saturated heterocycles. The van der Waals surface area contributed by atoms with Crippen molar-refractivity contribution in [3.05, 3.63) is 36.4 Å². The number of hydrogen-bond donors (Lipinski definition) is 5. The summed E-state index contributed by atoms with van der Waals surface area (Å²) in [5.74, 6) is -0.128. The number of rotatable bonds is 2. The molecule has 1 rings (SSSR count). The van der Waals surface area contributed by atoms with Crippen LogP contribution in [-0.4, -0.2) is 32.6 Å². The molecule has 0 unspecified atom stereocenters. The monoisotopic (exact) mass is 212 g/mol. The van der Waals surface area contributed by atoms with Gasteiger partial charge in [-0.25, -0.2) is 0 Å². The summed E-state index contributed by atoms with van der Waals surface area (Å²) in [5.41, 5.74) is 0.694. The summed E-state index contributed by atoms with van der Waals surface area (Å²) >= 11 is 0. The van der Waals surface area contributed by atoms with Gasteiger partial charge >= 0.3 is 7.32 Å². The number of phenols is 2. The fourth-order valence-electron chi connectivity index (χ4n) is 0.898. The topological polar surface area (TPSA) is 101 Å². The lowest BCUT2D eigenvalue weighted by molar-refractivity contribution is 0.278. The molecule has 5 N–H and O–H groups in total. The Morgan fingerprint density at radius 1 is 1.20 bits per heavy atom. The maximum atomic E-state index is 9.23. The summed E-state index contributed by atoms with van der Waals surface area (Å²) in [6.07, 6.45) is 2.24. The summed E-state index contributed by atoms with van der Waals surface area (Å²) < 4.78 is 0. The van der Waals surface area contributed by atoms with Crippen molar-refractivity contribution in [3.8, 4) is 11.5 Å². The molecular formula is C9H13BO5. The lowest BCUT2D eigenvalue weighted by atomic mass is 10.1. The molecule has 6 heteroatoms. The summed E-state index contributed by atoms with van der Waals surface area (Å²) in [5, 5.41) is 39.8. The van der Waals surface area contributed by atoms with E-state index >= 15 is 0 Å². The minimum Gasteiger partial charge on any atom is -0.504 e. The number of benzene rings is 1. The van der Waals surface area contributed by atoms with Crippen molar-refractivity contribution >= 4 is 7.32 Å². The molecule has 82 valence electrons. The highest BCUT2D eigenvalue weighted by atomic mass is 16.5. The number of phenolic OH excluding ortho intramolecular Hbond substituents is 2. The van der Waals surface area contributed by atoms with E-state index < -0.39 is 7.32 Å². The Morgan fingerprint density at radius 2 is 1.73 bits per heavy atom. The van der Waals surface area contributed by atoms with Gasteiger partial charge in [0.2, 0.25) is 0 Å². The Morgan fingerprint density at radius 3 is 2.20 bits per heavy atom. The van der Waals surface area contributed by atoms with Crippen molar-refractivity contribution in [1.82, 2.24) is 0 Å². The van der Waals surface area contributed by atoms with Crippen LogP contribution >= 0.6 is 0 Å². The van der Waals surface area contributed by atoms with Crippen LogP contribution in [0.5, 0.6) is 11.5 Å². The average Bonchev–Trinajstić information content (AvgIpc) is 2.12. The molecule has 0 saturated carbocycles. The van der Waals surface area contributed by atoms with E-state index in [-0.39, 0.29) is 11.5 Å². The van der Waals surface area contributed by atoms with Gasteiger partial charge in [0, 0.05) is 5.56 Å². The molecule has 1 aromatic rings. The van der Waals surface area contributed by atoms with E-state index in [9.17, 15) is 5.11 Å². The molecule has 0 atom stereocenters. The first-order valence-electron chi connectivity index (χ1n) is 4.14. The molecule has 0 aliphatic carbocycles. The third-order valence-electron chi connectivity index (χ3n) is 1.46. The zero-order chi connectivity index (χ0) is 11.8. The molecule has 0 fully saturated rings. The van der Waals surface area contributed by atoms with E-state index in [1.165, 1.54) is 6.07 Å². The highest BCUT2D eigenvalue weighted by Gasteiger charge is 2.02. The highest BCUT2D eigenvalue weighted by molar-refractivity contribution is 6.30. The van der Waals surface area contributed by atoms with Gasteiger partial charge in [0.25, 0.3) is 0 Å². The predicted octanol–water partition coefficient (Wildman–Crippen LogP) is -0.226. The largest absolute Gasteiger partial charge is 0.631 e. The molecule has 0 aliphatic rings. The SMILES string of the molecule is C=CCc1cccc(O)c1O.OB(O)O. The lowest BCUT2D eigenvalue weighted by Gasteiger charge is -2.01. The minimum atomic E-state index is -2.17. The van der Waals surface area contributed by atoms with Gasteiger partial charge in [0.15, 0.2) is 11.5 Å². The van der Waals surface area contributed by atoms with Gasteiger partial charge in [-0.15, -0.1) is 6.58 Å². The van der Waals surface area contributed by atoms with Crippen molar-refractivity contribution in [2.45, 2.75) is 6.42 Å². The van der Waals surface area contributed by atoms with Crippen LogP contribution in [0.3, 0.4) is 0 Å². The molecule has 5 nitrogen and oxygen atoms in total. The van der Waals surface area contributed by atoms with Crippen molar-refractivity contribution in [2.24, 2.45) is 0 Å². The highest BCUT2D eigenvalue weighted by Crippen LogP contribution is 2.28. The molecule has 0 bridgehead atoms. The van der Waals surface area contributed by atoms with Gasteiger partial charge in [-0.2, -0.15) is 0 Å². The summed E-state index contributed by atoms with van der Waals surface area (Å²) in [7, 11) is -2.17. The lowest BCUT2D eigenvalue weighted by Crippen LogP contribution is -2.07. The number of para-hydroxylation sites is 1. The number of aromatic hydroxyl groups is 2. The van der Waals surface area contributed by atoms with Crippen LogP contribution in [0.1, 0.15) is 5.56 Å². The van der Waals surface area contributed by atoms with Crippen molar-refractivity contribution in [1.29, 1.82) is 0 Å². The molecule has 0 heterocycles. The fraction of sp³-hybridized carbons (Fsp3) is 0.111. The molecule has 0 aromatic heterocycles. The summed E-state index contributed by atoms with van der Waals surface area (Å²) in [6, 6.07) is 4.88. The van der Waals surface area contributed by atoms with Crippen LogP contribution in [0.2, 0.25) is 0 Å². The van der Waals surface area contributed by atoms with Crippen molar-refractivity contribution in [3.63, 3.8) is 0 Å². The fourth-order valence-corrected chi connectivity index (χ4v) is 0.898. The van der Waals surface area contributed by atoms with E-state index in [4.69, 9.17) is 20.2 Å². The molecule has 1 aromatic carbocycles. The maximum Gasteiger partial charge on any atom is 0.631 e. The standard InChI is InChI=1S/C9H10O2.BH3O3/c1-2-4-7-5-3-6-8(10)9(7)11;2-1(3)4/h2-3,5-6,10-11H,1,4H2;2-4H. The van der Waals surface area contributed by atoms with Gasteiger partial charge in [-0.05, 0) is 12.5 Å². The normalized spacial score (nSPS) is 8.73. The third kappa shape index (κ3) is 5.74. The first-order chi connectivity index (χ1) is 6.99. The number of allylic oxidation sites excluding steroid dienone is 1. The third-order valence-corrected chi connectivity index (χ3v) is 1.46. The van der Waals surface area contributed by atoms with E-state index in [2.05, 4.69) is 6.58 Å². The van der Waals surface area contributed by atoms with Crippen LogP contribution < -0.4 is 0 Å². The van der Waals surface area contributed by atoms with Crippen LogP contribution in [0.25, 0.3) is 0 Å². The number of hydrogen-bond acceptors (Lipinski definition) is 5. The van der Waals surface area contributed by atoms with Gasteiger partial charge in [-0.3, -0.25) is 0 Å². The Kier molecular flexibility index (Phi) is 6.20. The first-order valence-corrected chi connectivity index (χ1v) is 4.14. The zero-order valence-electron chi connectivity index (χ0n) is 8.04. The van der Waals surface area contributed by atoms with E-state index in [1.54, 1.807) is 18.2 Å². The van der Waals surface area contributed by atoms with Gasteiger partial charge in [0.1, 0.15) is 0 Å². The van der Waals surface area contributed by atoms with E-state index in [0.717, 1.165) is 0 Å². The molecule has 0 radical (unpaired) electrons. The molecular weight excluding hydrogens is 199 g/mol. The van der Waals surface area contributed by atoms with E-state index in [0.29, 0.717) is 12.0 Å². The van der Waals surface area contributed by atoms with Crippen LogP contribution in [0.15, 0.2) is 30.9 Å². The Hall–Kier alpha value is -1.50. The van der Waals surface area contributed by atoms with Gasteiger partial charge < -0.3 is 25.3 Å². The smallest absolute Gasteiger partial charge is 0.504 e. The van der Waals surface area contributed by atoms with Gasteiger partial charge in [-0.1, -0.05) is 18.2 Å². The Balaban J connectivity index is 0.000000423. The molecule has 0 spiro atoms. The second-order valence-corrected chi connectivity index (χ2v) is 2.62. The molecule has 0 aliphatic heterocycles. The molecule has 0 amide bonds. The second kappa shape index (κ2) is 6.89. The van der Waals surface area contributed by atoms with Crippen LogP contribution in [-0.2, 0) is 6.42 Å². The van der Waals surface area contributed by atoms with Crippen LogP contribution in [0, 0.1) is 0 Å².